The Bertz CT molecular complexity index is 740. The number of hydrogen-bond donors (Lipinski definition) is 8. The van der Waals surface area contributed by atoms with Gasteiger partial charge in [0.2, 0.25) is 17.7 Å². The van der Waals surface area contributed by atoms with Gasteiger partial charge in [0.15, 0.2) is 0 Å². The first-order valence-electron chi connectivity index (χ1n) is 9.35. The Morgan fingerprint density at radius 1 is 0.594 bits per heavy atom. The van der Waals surface area contributed by atoms with E-state index in [0.717, 1.165) is 0 Å². The number of carboxylic acids is 4. The van der Waals surface area contributed by atoms with Crippen LogP contribution < -0.4 is 21.7 Å². The Morgan fingerprint density at radius 2 is 0.938 bits per heavy atom. The maximum absolute atomic E-state index is 12.5. The van der Waals surface area contributed by atoms with Crippen molar-refractivity contribution < 1.29 is 54.0 Å². The van der Waals surface area contributed by atoms with E-state index in [9.17, 15) is 33.6 Å². The third kappa shape index (κ3) is 12.1. The maximum atomic E-state index is 12.5. The first-order chi connectivity index (χ1) is 14.9. The van der Waals surface area contributed by atoms with Crippen molar-refractivity contribution in [2.75, 3.05) is 6.54 Å². The second-order valence-electron chi connectivity index (χ2n) is 6.58. The van der Waals surface area contributed by atoms with Gasteiger partial charge in [0.1, 0.15) is 18.1 Å². The molecule has 3 amide bonds. The first kappa shape index (κ1) is 28.2. The molecule has 0 saturated carbocycles. The van der Waals surface area contributed by atoms with E-state index in [2.05, 4.69) is 10.6 Å². The van der Waals surface area contributed by atoms with Crippen LogP contribution in [0.4, 0.5) is 0 Å². The Balaban J connectivity index is 5.47. The molecule has 0 saturated heterocycles. The summed E-state index contributed by atoms with van der Waals surface area (Å²) in [6, 6.07) is -4.60. The lowest BCUT2D eigenvalue weighted by atomic mass is 10.1. The average Bonchev–Trinajstić information content (AvgIpc) is 2.69. The van der Waals surface area contributed by atoms with Crippen LogP contribution in [0.3, 0.4) is 0 Å². The predicted octanol–water partition coefficient (Wildman–Crippen LogP) is -2.92. The summed E-state index contributed by atoms with van der Waals surface area (Å²) in [5.74, 6) is -8.35. The largest absolute Gasteiger partial charge is 0.481 e. The van der Waals surface area contributed by atoms with E-state index >= 15 is 0 Å². The van der Waals surface area contributed by atoms with Gasteiger partial charge in [-0.2, -0.15) is 0 Å². The Labute approximate surface area is 181 Å². The van der Waals surface area contributed by atoms with Crippen LogP contribution in [0.15, 0.2) is 0 Å². The molecule has 0 heterocycles. The third-order valence-corrected chi connectivity index (χ3v) is 4.03. The standard InChI is InChI=1S/C17H26N4O11/c18-7-11(22)19-8(1-4-12(23)24)15(29)20-9(2-5-13(25)26)16(30)21-10(17(31)32)3-6-14(27)28/h8-10H,1-7,18H2,(H,19,22)(H,20,29)(H,21,30)(H,23,24)(H,25,26)(H,27,28)(H,31,32)/t8-,9-,10-/m0/s1. The van der Waals surface area contributed by atoms with Gasteiger partial charge in [0, 0.05) is 19.3 Å². The van der Waals surface area contributed by atoms with Gasteiger partial charge >= 0.3 is 23.9 Å². The fourth-order valence-corrected chi connectivity index (χ4v) is 2.40. The van der Waals surface area contributed by atoms with Crippen LogP contribution >= 0.6 is 0 Å². The van der Waals surface area contributed by atoms with Crippen molar-refractivity contribution in [3.8, 4) is 0 Å². The maximum Gasteiger partial charge on any atom is 0.326 e. The molecule has 15 nitrogen and oxygen atoms in total. The summed E-state index contributed by atoms with van der Waals surface area (Å²) < 4.78 is 0. The van der Waals surface area contributed by atoms with Gasteiger partial charge in [0.05, 0.1) is 6.54 Å². The molecule has 0 aliphatic rings. The fourth-order valence-electron chi connectivity index (χ4n) is 2.40. The molecular formula is C17H26N4O11. The zero-order valence-corrected chi connectivity index (χ0v) is 16.9. The summed E-state index contributed by atoms with van der Waals surface area (Å²) >= 11 is 0. The van der Waals surface area contributed by atoms with Crippen molar-refractivity contribution in [2.45, 2.75) is 56.7 Å². The van der Waals surface area contributed by atoms with Crippen molar-refractivity contribution in [3.63, 3.8) is 0 Å². The molecule has 0 aromatic carbocycles. The molecule has 0 spiro atoms. The Kier molecular flexibility index (Phi) is 12.6. The van der Waals surface area contributed by atoms with Crippen molar-refractivity contribution in [1.29, 1.82) is 0 Å². The Morgan fingerprint density at radius 3 is 1.28 bits per heavy atom. The lowest BCUT2D eigenvalue weighted by Gasteiger charge is -2.24. The number of nitrogens with one attached hydrogen (secondary N) is 3. The highest BCUT2D eigenvalue weighted by atomic mass is 16.4. The van der Waals surface area contributed by atoms with Gasteiger partial charge in [-0.15, -0.1) is 0 Å². The highest BCUT2D eigenvalue weighted by Gasteiger charge is 2.30. The average molecular weight is 462 g/mol. The minimum absolute atomic E-state index is 0.365. The molecule has 0 rings (SSSR count). The molecule has 9 N–H and O–H groups in total. The van der Waals surface area contributed by atoms with Crippen molar-refractivity contribution >= 4 is 41.6 Å². The summed E-state index contributed by atoms with van der Waals surface area (Å²) in [5, 5.41) is 41.9. The summed E-state index contributed by atoms with van der Waals surface area (Å²) in [5.41, 5.74) is 5.15. The second kappa shape index (κ2) is 14.3. The van der Waals surface area contributed by atoms with Crippen LogP contribution in [0.1, 0.15) is 38.5 Å². The number of carboxylic acid groups (broad SMARTS) is 4. The molecule has 3 atom stereocenters. The molecule has 0 aromatic rings. The van der Waals surface area contributed by atoms with Crippen LogP contribution in [0.5, 0.6) is 0 Å². The number of hydrogen-bond acceptors (Lipinski definition) is 8. The molecule has 32 heavy (non-hydrogen) atoms. The van der Waals surface area contributed by atoms with Gasteiger partial charge in [-0.05, 0) is 19.3 Å². The molecule has 0 bridgehead atoms. The smallest absolute Gasteiger partial charge is 0.326 e. The van der Waals surface area contributed by atoms with Gasteiger partial charge < -0.3 is 42.1 Å². The molecule has 0 aliphatic heterocycles. The normalized spacial score (nSPS) is 13.2. The van der Waals surface area contributed by atoms with Crippen molar-refractivity contribution in [2.24, 2.45) is 5.73 Å². The molecule has 0 aromatic heterocycles. The van der Waals surface area contributed by atoms with E-state index in [1.807, 2.05) is 5.32 Å². The topological polar surface area (TPSA) is 263 Å². The predicted molar refractivity (Wildman–Crippen MR) is 103 cm³/mol. The molecule has 0 radical (unpaired) electrons. The lowest BCUT2D eigenvalue weighted by molar-refractivity contribution is -0.144. The van der Waals surface area contributed by atoms with Gasteiger partial charge in [-0.25, -0.2) is 4.79 Å². The van der Waals surface area contributed by atoms with Crippen LogP contribution in [0, 0.1) is 0 Å². The highest BCUT2D eigenvalue weighted by molar-refractivity contribution is 5.94. The zero-order chi connectivity index (χ0) is 24.8. The number of carbonyl (C=O) groups excluding carboxylic acids is 3. The quantitative estimate of drug-likeness (QED) is 0.115. The summed E-state index contributed by atoms with van der Waals surface area (Å²) in [4.78, 5) is 80.1. The number of carbonyl (C=O) groups is 7. The fraction of sp³-hybridized carbons (Fsp3) is 0.588. The monoisotopic (exact) mass is 462 g/mol. The summed E-state index contributed by atoms with van der Waals surface area (Å²) in [6.07, 6.45) is -2.99. The van der Waals surface area contributed by atoms with E-state index in [-0.39, 0.29) is 6.42 Å². The van der Waals surface area contributed by atoms with Crippen LogP contribution in [0.25, 0.3) is 0 Å². The van der Waals surface area contributed by atoms with Crippen molar-refractivity contribution in [1.82, 2.24) is 16.0 Å². The summed E-state index contributed by atoms with van der Waals surface area (Å²) in [6.45, 7) is -0.510. The summed E-state index contributed by atoms with van der Waals surface area (Å²) in [7, 11) is 0. The molecule has 0 unspecified atom stereocenters. The minimum atomic E-state index is -1.62. The molecule has 15 heteroatoms. The number of amides is 3. The van der Waals surface area contributed by atoms with E-state index in [0.29, 0.717) is 0 Å². The number of nitrogens with two attached hydrogens (primary N) is 1. The van der Waals surface area contributed by atoms with Crippen LogP contribution in [-0.4, -0.2) is 86.7 Å². The number of aliphatic carboxylic acids is 4. The van der Waals surface area contributed by atoms with Gasteiger partial charge in [-0.1, -0.05) is 0 Å². The van der Waals surface area contributed by atoms with Crippen molar-refractivity contribution in [3.05, 3.63) is 0 Å². The van der Waals surface area contributed by atoms with Crippen LogP contribution in [-0.2, 0) is 33.6 Å². The van der Waals surface area contributed by atoms with E-state index < -0.39 is 98.4 Å². The minimum Gasteiger partial charge on any atom is -0.481 e. The Hall–Kier alpha value is -3.75. The molecule has 0 fully saturated rings. The molecular weight excluding hydrogens is 436 g/mol. The van der Waals surface area contributed by atoms with E-state index in [1.54, 1.807) is 0 Å². The SMILES string of the molecule is NCC(=O)N[C@@H](CCC(=O)O)C(=O)N[C@@H](CCC(=O)O)C(=O)N[C@@H](CCC(=O)O)C(=O)O. The van der Waals surface area contributed by atoms with Gasteiger partial charge in [0.25, 0.3) is 0 Å². The first-order valence-corrected chi connectivity index (χ1v) is 9.35. The zero-order valence-electron chi connectivity index (χ0n) is 16.9. The van der Waals surface area contributed by atoms with Gasteiger partial charge in [-0.3, -0.25) is 28.8 Å². The molecule has 0 aliphatic carbocycles. The third-order valence-electron chi connectivity index (χ3n) is 4.03. The van der Waals surface area contributed by atoms with E-state index in [1.165, 1.54) is 0 Å². The highest BCUT2D eigenvalue weighted by Crippen LogP contribution is 2.05. The van der Waals surface area contributed by atoms with E-state index in [4.69, 9.17) is 26.2 Å². The number of rotatable bonds is 16. The lowest BCUT2D eigenvalue weighted by Crippen LogP contribution is -2.56. The second-order valence-corrected chi connectivity index (χ2v) is 6.58. The van der Waals surface area contributed by atoms with Crippen LogP contribution in [0.2, 0.25) is 0 Å². The molecule has 180 valence electrons.